The van der Waals surface area contributed by atoms with E-state index in [9.17, 15) is 24.9 Å². The Kier molecular flexibility index (Phi) is 13.6. The Morgan fingerprint density at radius 2 is 1.92 bits per heavy atom. The third kappa shape index (κ3) is 11.3. The van der Waals surface area contributed by atoms with Crippen LogP contribution in [0.25, 0.3) is 0 Å². The Labute approximate surface area is 290 Å². The second kappa shape index (κ2) is 17.4. The van der Waals surface area contributed by atoms with E-state index < -0.39 is 42.1 Å². The van der Waals surface area contributed by atoms with Crippen molar-refractivity contribution in [3.05, 3.63) is 72.6 Å². The number of allylic oxidation sites excluding steroid dienone is 2. The summed E-state index contributed by atoms with van der Waals surface area (Å²) in [5.41, 5.74) is 1.29. The summed E-state index contributed by atoms with van der Waals surface area (Å²) in [6.45, 7) is 15.9. The van der Waals surface area contributed by atoms with Crippen molar-refractivity contribution in [3.8, 4) is 0 Å². The molecule has 2 fully saturated rings. The zero-order valence-electron chi connectivity index (χ0n) is 29.6. The van der Waals surface area contributed by atoms with E-state index in [2.05, 4.69) is 16.5 Å². The molecule has 1 aromatic heterocycles. The summed E-state index contributed by atoms with van der Waals surface area (Å²) in [7, 11) is 0. The lowest BCUT2D eigenvalue weighted by Crippen LogP contribution is -2.49. The molecule has 3 aliphatic heterocycles. The van der Waals surface area contributed by atoms with E-state index >= 15 is 0 Å². The second-order valence-corrected chi connectivity index (χ2v) is 14.0. The zero-order chi connectivity index (χ0) is 35.7. The number of carbonyl (C=O) groups is 2. The molecule has 1 aromatic rings. The van der Waals surface area contributed by atoms with Gasteiger partial charge in [-0.3, -0.25) is 9.78 Å². The van der Waals surface area contributed by atoms with Gasteiger partial charge in [-0.1, -0.05) is 51.7 Å². The number of pyridine rings is 1. The standard InChI is InChI=1S/C38H55N3O8/c1-7-31(43)28(5)36-33(47-36)24-38(6,46)16-8-9-26(3)35-27(4)11-13-32(25(2)10-12-30(42)23-34(44)49-35)48-37(45)41-21-19-40(20-22-41)29-14-17-39-18-15-29/h8-9,11,13-18,27-28,30-33,35-36,42-43,46H,2,7,10,12,19-24H2,1,3-6H3/b13-11+,16-8+,26-9+. The van der Waals surface area contributed by atoms with Gasteiger partial charge in [0.05, 0.1) is 36.4 Å². The lowest BCUT2D eigenvalue weighted by Gasteiger charge is -2.36. The number of nitrogens with zero attached hydrogens (tertiary/aromatic N) is 3. The quantitative estimate of drug-likeness (QED) is 0.137. The number of cyclic esters (lactones) is 1. The Morgan fingerprint density at radius 3 is 2.59 bits per heavy atom. The van der Waals surface area contributed by atoms with Gasteiger partial charge < -0.3 is 39.3 Å². The van der Waals surface area contributed by atoms with Gasteiger partial charge in [0, 0.05) is 62.5 Å². The summed E-state index contributed by atoms with van der Waals surface area (Å²) < 4.78 is 17.6. The lowest BCUT2D eigenvalue weighted by molar-refractivity contribution is -0.151. The molecule has 11 nitrogen and oxygen atoms in total. The maximum atomic E-state index is 13.3. The Bertz CT molecular complexity index is 1350. The first-order valence-electron chi connectivity index (χ1n) is 17.5. The smallest absolute Gasteiger partial charge is 0.410 e. The monoisotopic (exact) mass is 681 g/mol. The summed E-state index contributed by atoms with van der Waals surface area (Å²) in [5, 5.41) is 31.8. The van der Waals surface area contributed by atoms with Crippen LogP contribution in [0.3, 0.4) is 0 Å². The number of amides is 1. The van der Waals surface area contributed by atoms with Crippen molar-refractivity contribution in [2.24, 2.45) is 11.8 Å². The van der Waals surface area contributed by atoms with Gasteiger partial charge in [-0.25, -0.2) is 4.79 Å². The largest absolute Gasteiger partial charge is 0.457 e. The van der Waals surface area contributed by atoms with Crippen LogP contribution in [0.5, 0.6) is 0 Å². The molecule has 0 radical (unpaired) electrons. The molecule has 0 spiro atoms. The molecule has 4 heterocycles. The van der Waals surface area contributed by atoms with Crippen LogP contribution in [-0.2, 0) is 19.0 Å². The minimum absolute atomic E-state index is 0.00479. The molecule has 0 aromatic carbocycles. The number of aromatic nitrogens is 1. The van der Waals surface area contributed by atoms with Crippen molar-refractivity contribution >= 4 is 17.7 Å². The minimum atomic E-state index is -1.14. The number of hydrogen-bond donors (Lipinski definition) is 3. The Hall–Kier alpha value is -3.51. The van der Waals surface area contributed by atoms with Crippen molar-refractivity contribution in [3.63, 3.8) is 0 Å². The van der Waals surface area contributed by atoms with Gasteiger partial charge in [-0.05, 0) is 62.5 Å². The number of aliphatic hydroxyl groups is 3. The maximum Gasteiger partial charge on any atom is 0.410 e. The number of anilines is 1. The van der Waals surface area contributed by atoms with Crippen LogP contribution in [0.4, 0.5) is 10.5 Å². The first-order chi connectivity index (χ1) is 23.3. The summed E-state index contributed by atoms with van der Waals surface area (Å²) >= 11 is 0. The highest BCUT2D eigenvalue weighted by atomic mass is 16.6. The van der Waals surface area contributed by atoms with Crippen LogP contribution in [0.1, 0.15) is 66.7 Å². The van der Waals surface area contributed by atoms with E-state index in [1.165, 1.54) is 0 Å². The fraction of sp³-hybridized carbons (Fsp3) is 0.605. The zero-order valence-corrected chi connectivity index (χ0v) is 29.6. The van der Waals surface area contributed by atoms with Crippen molar-refractivity contribution in [2.45, 2.75) is 109 Å². The predicted octanol–water partition coefficient (Wildman–Crippen LogP) is 4.73. The second-order valence-electron chi connectivity index (χ2n) is 14.0. The number of rotatable bonds is 10. The molecule has 0 bridgehead atoms. The van der Waals surface area contributed by atoms with Crippen molar-refractivity contribution in [2.75, 3.05) is 31.1 Å². The Morgan fingerprint density at radius 1 is 1.22 bits per heavy atom. The van der Waals surface area contributed by atoms with Crippen LogP contribution in [-0.4, -0.2) is 106 Å². The van der Waals surface area contributed by atoms with E-state index in [-0.39, 0.29) is 36.9 Å². The lowest BCUT2D eigenvalue weighted by atomic mass is 9.91. The highest BCUT2D eigenvalue weighted by Crippen LogP contribution is 2.37. The summed E-state index contributed by atoms with van der Waals surface area (Å²) in [5.74, 6) is -0.827. The predicted molar refractivity (Wildman–Crippen MR) is 188 cm³/mol. The molecule has 11 heteroatoms. The van der Waals surface area contributed by atoms with Crippen molar-refractivity contribution < 1.29 is 39.1 Å². The molecule has 0 saturated carbocycles. The summed E-state index contributed by atoms with van der Waals surface area (Å²) in [4.78, 5) is 34.1. The SMILES string of the molecule is C=C1CCC(O)CC(=O)OC(/C(C)=C/C=C/C(C)(O)CC2OC2C(C)C(O)CC)C(C)/C=C/C1OC(=O)N1CCN(c2ccncc2)CC1. The van der Waals surface area contributed by atoms with E-state index in [1.54, 1.807) is 48.5 Å². The number of esters is 1. The van der Waals surface area contributed by atoms with Gasteiger partial charge in [-0.2, -0.15) is 0 Å². The van der Waals surface area contributed by atoms with E-state index in [0.717, 1.165) is 11.3 Å². The van der Waals surface area contributed by atoms with Crippen LogP contribution >= 0.6 is 0 Å². The summed E-state index contributed by atoms with van der Waals surface area (Å²) in [6, 6.07) is 3.90. The molecule has 4 rings (SSSR count). The topological polar surface area (TPSA) is 145 Å². The number of piperazine rings is 1. The van der Waals surface area contributed by atoms with E-state index in [1.807, 2.05) is 45.9 Å². The first-order valence-corrected chi connectivity index (χ1v) is 17.5. The average molecular weight is 682 g/mol. The van der Waals surface area contributed by atoms with Gasteiger partial charge in [0.2, 0.25) is 0 Å². The first kappa shape index (κ1) is 38.3. The highest BCUT2D eigenvalue weighted by molar-refractivity contribution is 5.70. The molecule has 1 amide bonds. The van der Waals surface area contributed by atoms with E-state index in [0.29, 0.717) is 51.0 Å². The number of aliphatic hydroxyl groups excluding tert-OH is 2. The molecular formula is C38H55N3O8. The van der Waals surface area contributed by atoms with Gasteiger partial charge in [-0.15, -0.1) is 0 Å². The molecule has 9 unspecified atom stereocenters. The molecule has 3 aliphatic rings. The summed E-state index contributed by atoms with van der Waals surface area (Å²) in [6.07, 6.45) is 10.5. The molecular weight excluding hydrogens is 626 g/mol. The molecule has 0 aliphatic carbocycles. The molecule has 9 atom stereocenters. The van der Waals surface area contributed by atoms with Crippen LogP contribution in [0, 0.1) is 11.8 Å². The minimum Gasteiger partial charge on any atom is -0.457 e. The molecule has 270 valence electrons. The number of epoxide rings is 1. The highest BCUT2D eigenvalue weighted by Gasteiger charge is 2.47. The number of ether oxygens (including phenoxy) is 3. The van der Waals surface area contributed by atoms with Crippen LogP contribution < -0.4 is 4.90 Å². The van der Waals surface area contributed by atoms with Crippen LogP contribution in [0.15, 0.2) is 72.6 Å². The molecule has 49 heavy (non-hydrogen) atoms. The normalized spacial score (nSPS) is 30.4. The fourth-order valence-corrected chi connectivity index (χ4v) is 6.47. The average Bonchev–Trinajstić information content (AvgIpc) is 3.84. The van der Waals surface area contributed by atoms with E-state index in [4.69, 9.17) is 14.2 Å². The van der Waals surface area contributed by atoms with Crippen LogP contribution in [0.2, 0.25) is 0 Å². The van der Waals surface area contributed by atoms with Crippen molar-refractivity contribution in [1.29, 1.82) is 0 Å². The van der Waals surface area contributed by atoms with Gasteiger partial charge >= 0.3 is 12.1 Å². The fourth-order valence-electron chi connectivity index (χ4n) is 6.47. The van der Waals surface area contributed by atoms with Gasteiger partial charge in [0.25, 0.3) is 0 Å². The Balaban J connectivity index is 1.41. The third-order valence-corrected chi connectivity index (χ3v) is 9.77. The van der Waals surface area contributed by atoms with Gasteiger partial charge in [0.15, 0.2) is 0 Å². The van der Waals surface area contributed by atoms with Crippen molar-refractivity contribution in [1.82, 2.24) is 9.88 Å². The van der Waals surface area contributed by atoms with Gasteiger partial charge in [0.1, 0.15) is 12.2 Å². The number of carbonyl (C=O) groups excluding carboxylic acids is 2. The molecule has 2 saturated heterocycles. The number of hydrogen-bond acceptors (Lipinski definition) is 10. The molecule has 3 N–H and O–H groups in total. The third-order valence-electron chi connectivity index (χ3n) is 9.77. The maximum absolute atomic E-state index is 13.3.